The third-order valence-corrected chi connectivity index (χ3v) is 7.02. The molecule has 5 rings (SSSR count). The molecule has 2 aromatic rings. The zero-order valence-corrected chi connectivity index (χ0v) is 23.1. The predicted molar refractivity (Wildman–Crippen MR) is 155 cm³/mol. The van der Waals surface area contributed by atoms with Gasteiger partial charge in [-0.15, -0.1) is 0 Å². The molecule has 10 heteroatoms. The van der Waals surface area contributed by atoms with E-state index in [-0.39, 0.29) is 24.2 Å². The standard InChI is InChI=1S/C31H28N4O6/c1-33(2)19-6-9-22-25(16-19)41-26-17-20(34(3)4)7-10-23(26)29(22)24-15-18(5-8-21(24)31(39)40)30(38)32-13-14-35-27(36)11-12-28(35)37/h5-12,15-17H,13-14H2,1-4H3,(H-,32,38,39,40)/p+1. The van der Waals surface area contributed by atoms with E-state index in [4.69, 9.17) is 4.42 Å². The first-order valence-corrected chi connectivity index (χ1v) is 12.9. The number of nitrogens with zero attached hydrogens (tertiary/aromatic N) is 3. The van der Waals surface area contributed by atoms with E-state index in [1.165, 1.54) is 24.3 Å². The van der Waals surface area contributed by atoms with E-state index in [9.17, 15) is 24.3 Å². The first-order chi connectivity index (χ1) is 19.5. The number of aromatic carboxylic acids is 1. The average Bonchev–Trinajstić information content (AvgIpc) is 3.27. The Hall–Kier alpha value is -5.25. The molecule has 208 valence electrons. The highest BCUT2D eigenvalue weighted by Gasteiger charge is 2.25. The van der Waals surface area contributed by atoms with Gasteiger partial charge in [0.2, 0.25) is 5.36 Å². The summed E-state index contributed by atoms with van der Waals surface area (Å²) in [6, 6.07) is 15.8. The highest BCUT2D eigenvalue weighted by molar-refractivity contribution is 6.13. The van der Waals surface area contributed by atoms with Gasteiger partial charge in [0.1, 0.15) is 25.4 Å². The highest BCUT2D eigenvalue weighted by atomic mass is 16.4. The number of imide groups is 1. The molecule has 1 aliphatic carbocycles. The normalized spacial score (nSPS) is 12.8. The Labute approximate surface area is 235 Å². The molecule has 2 aromatic carbocycles. The number of hydrogen-bond acceptors (Lipinski definition) is 6. The number of nitrogens with one attached hydrogen (secondary N) is 1. The van der Waals surface area contributed by atoms with Crippen molar-refractivity contribution in [3.63, 3.8) is 0 Å². The second-order valence-corrected chi connectivity index (χ2v) is 10.1. The average molecular weight is 554 g/mol. The van der Waals surface area contributed by atoms with Crippen LogP contribution in [0, 0.1) is 0 Å². The summed E-state index contributed by atoms with van der Waals surface area (Å²) in [5.74, 6) is -1.90. The molecule has 0 atom stereocenters. The van der Waals surface area contributed by atoms with E-state index in [1.807, 2.05) is 74.1 Å². The van der Waals surface area contributed by atoms with Gasteiger partial charge in [-0.25, -0.2) is 9.37 Å². The fourth-order valence-electron chi connectivity index (χ4n) is 4.83. The molecule has 0 unspecified atom stereocenters. The minimum Gasteiger partial charge on any atom is -0.478 e. The van der Waals surface area contributed by atoms with E-state index in [0.29, 0.717) is 33.4 Å². The lowest BCUT2D eigenvalue weighted by Crippen LogP contribution is -2.38. The molecule has 10 nitrogen and oxygen atoms in total. The third-order valence-electron chi connectivity index (χ3n) is 7.02. The zero-order valence-electron chi connectivity index (χ0n) is 23.1. The smallest absolute Gasteiger partial charge is 0.336 e. The molecule has 0 aromatic heterocycles. The van der Waals surface area contributed by atoms with Crippen molar-refractivity contribution in [1.29, 1.82) is 0 Å². The summed E-state index contributed by atoms with van der Waals surface area (Å²) in [6.45, 7) is 0.0685. The van der Waals surface area contributed by atoms with Crippen molar-refractivity contribution < 1.29 is 28.7 Å². The highest BCUT2D eigenvalue weighted by Crippen LogP contribution is 2.42. The number of rotatable bonds is 7. The first-order valence-electron chi connectivity index (χ1n) is 12.9. The fraction of sp³-hybridized carbons (Fsp3) is 0.194. The van der Waals surface area contributed by atoms with Gasteiger partial charge in [-0.1, -0.05) is 0 Å². The van der Waals surface area contributed by atoms with Gasteiger partial charge in [0, 0.05) is 79.2 Å². The van der Waals surface area contributed by atoms with Crippen molar-refractivity contribution in [2.24, 2.45) is 0 Å². The minimum absolute atomic E-state index is 0.0222. The SMILES string of the molecule is CN(C)c1ccc2c(-c3cc(C(=O)NCCN4C(=O)C=CC4=O)ccc3C(=O)O)c3ccc(=[N+](C)C)cc-3oc2c1. The largest absolute Gasteiger partial charge is 0.478 e. The maximum Gasteiger partial charge on any atom is 0.336 e. The molecule has 41 heavy (non-hydrogen) atoms. The van der Waals surface area contributed by atoms with Crippen LogP contribution in [0.3, 0.4) is 0 Å². The predicted octanol–water partition coefficient (Wildman–Crippen LogP) is 2.66. The lowest BCUT2D eigenvalue weighted by atomic mass is 9.89. The van der Waals surface area contributed by atoms with Crippen LogP contribution >= 0.6 is 0 Å². The van der Waals surface area contributed by atoms with Crippen molar-refractivity contribution in [3.05, 3.63) is 83.2 Å². The van der Waals surface area contributed by atoms with Crippen LogP contribution in [0.5, 0.6) is 0 Å². The van der Waals surface area contributed by atoms with Crippen molar-refractivity contribution in [1.82, 2.24) is 14.8 Å². The van der Waals surface area contributed by atoms with Gasteiger partial charge in [-0.3, -0.25) is 19.3 Å². The number of fused-ring (bicyclic) bond motifs is 2. The number of carboxylic acid groups (broad SMARTS) is 1. The number of amides is 3. The molecule has 0 fully saturated rings. The maximum atomic E-state index is 13.1. The molecule has 0 spiro atoms. The van der Waals surface area contributed by atoms with Crippen LogP contribution in [0.2, 0.25) is 0 Å². The van der Waals surface area contributed by atoms with Crippen LogP contribution in [0.1, 0.15) is 20.7 Å². The molecule has 0 saturated carbocycles. The van der Waals surface area contributed by atoms with Gasteiger partial charge in [-0.05, 0) is 42.0 Å². The molecule has 0 radical (unpaired) electrons. The topological polar surface area (TPSA) is 123 Å². The van der Waals surface area contributed by atoms with Crippen molar-refractivity contribution in [2.75, 3.05) is 46.2 Å². The number of anilines is 1. The van der Waals surface area contributed by atoms with Gasteiger partial charge in [0.15, 0.2) is 0 Å². The van der Waals surface area contributed by atoms with Crippen LogP contribution in [-0.4, -0.2) is 75.0 Å². The molecule has 2 aliphatic heterocycles. The second kappa shape index (κ2) is 10.7. The summed E-state index contributed by atoms with van der Waals surface area (Å²) in [4.78, 5) is 52.1. The summed E-state index contributed by atoms with van der Waals surface area (Å²) in [6.07, 6.45) is 2.37. The minimum atomic E-state index is -1.14. The second-order valence-electron chi connectivity index (χ2n) is 10.1. The Bertz CT molecular complexity index is 1800. The quantitative estimate of drug-likeness (QED) is 0.205. The summed E-state index contributed by atoms with van der Waals surface area (Å²) >= 11 is 0. The van der Waals surface area contributed by atoms with Crippen molar-refractivity contribution in [2.45, 2.75) is 0 Å². The van der Waals surface area contributed by atoms with E-state index in [2.05, 4.69) is 5.32 Å². The Morgan fingerprint density at radius 1 is 0.951 bits per heavy atom. The summed E-state index contributed by atoms with van der Waals surface area (Å²) < 4.78 is 8.29. The number of hydrogen-bond donors (Lipinski definition) is 2. The molecule has 2 N–H and O–H groups in total. The van der Waals surface area contributed by atoms with Crippen LogP contribution in [-0.2, 0) is 9.59 Å². The van der Waals surface area contributed by atoms with Crippen LogP contribution < -0.4 is 20.1 Å². The Balaban J connectivity index is 1.64. The molecule has 0 bridgehead atoms. The summed E-state index contributed by atoms with van der Waals surface area (Å²) in [5, 5.41) is 14.5. The Kier molecular flexibility index (Phi) is 7.15. The first kappa shape index (κ1) is 27.3. The summed E-state index contributed by atoms with van der Waals surface area (Å²) in [7, 11) is 7.68. The lowest BCUT2D eigenvalue weighted by molar-refractivity contribution is -0.136. The van der Waals surface area contributed by atoms with E-state index < -0.39 is 23.7 Å². The zero-order chi connectivity index (χ0) is 29.4. The van der Waals surface area contributed by atoms with Gasteiger partial charge < -0.3 is 19.7 Å². The Morgan fingerprint density at radius 2 is 1.68 bits per heavy atom. The molecule has 3 aliphatic rings. The van der Waals surface area contributed by atoms with Crippen molar-refractivity contribution >= 4 is 40.3 Å². The van der Waals surface area contributed by atoms with E-state index >= 15 is 0 Å². The van der Waals surface area contributed by atoms with Gasteiger partial charge in [0.05, 0.1) is 11.6 Å². The maximum absolute atomic E-state index is 13.1. The van der Waals surface area contributed by atoms with Crippen molar-refractivity contribution in [3.8, 4) is 22.5 Å². The third kappa shape index (κ3) is 5.19. The number of benzene rings is 3. The van der Waals surface area contributed by atoms with Crippen LogP contribution in [0.4, 0.5) is 5.69 Å². The number of carbonyl (C=O) groups excluding carboxylic acids is 3. The van der Waals surface area contributed by atoms with Gasteiger partial charge in [-0.2, -0.15) is 0 Å². The van der Waals surface area contributed by atoms with Crippen LogP contribution in [0.25, 0.3) is 33.4 Å². The molecule has 3 amide bonds. The van der Waals surface area contributed by atoms with E-state index in [1.54, 1.807) is 6.07 Å². The molecule has 0 saturated heterocycles. The fourth-order valence-corrected chi connectivity index (χ4v) is 4.83. The molecular weight excluding hydrogens is 524 g/mol. The van der Waals surface area contributed by atoms with Crippen LogP contribution in [0.15, 0.2) is 71.2 Å². The summed E-state index contributed by atoms with van der Waals surface area (Å²) in [5.41, 5.74) is 3.42. The molecular formula is C31H29N4O6+. The van der Waals surface area contributed by atoms with E-state index in [0.717, 1.165) is 15.9 Å². The monoisotopic (exact) mass is 553 g/mol. The molecule has 2 heterocycles. The lowest BCUT2D eigenvalue weighted by Gasteiger charge is -2.19. The van der Waals surface area contributed by atoms with Gasteiger partial charge in [0.25, 0.3) is 17.7 Å². The Morgan fingerprint density at radius 3 is 2.34 bits per heavy atom. The number of carbonyl (C=O) groups is 4. The van der Waals surface area contributed by atoms with Gasteiger partial charge >= 0.3 is 5.97 Å². The number of carboxylic acids is 1.